The molecule has 6 nitrogen and oxygen atoms in total. The topological polar surface area (TPSA) is 82.0 Å². The summed E-state index contributed by atoms with van der Waals surface area (Å²) in [5.74, 6) is 0.168. The van der Waals surface area contributed by atoms with Gasteiger partial charge in [-0.25, -0.2) is 0 Å². The van der Waals surface area contributed by atoms with E-state index in [0.29, 0.717) is 31.7 Å². The largest absolute Gasteiger partial charge is 0.493 e. The predicted molar refractivity (Wildman–Crippen MR) is 68.6 cm³/mol. The molecule has 102 valence electrons. The van der Waals surface area contributed by atoms with Gasteiger partial charge in [0.1, 0.15) is 11.4 Å². The predicted octanol–water partition coefficient (Wildman–Crippen LogP) is 2.62. The van der Waals surface area contributed by atoms with E-state index in [1.807, 2.05) is 0 Å². The molecule has 1 rings (SSSR count). The first-order valence-corrected chi connectivity index (χ1v) is 5.92. The molecule has 0 unspecified atom stereocenters. The van der Waals surface area contributed by atoms with Crippen LogP contribution in [0, 0.1) is 4.91 Å². The molecule has 0 saturated heterocycles. The summed E-state index contributed by atoms with van der Waals surface area (Å²) in [6, 6.07) is 4.42. The molecule has 0 atom stereocenters. The molecule has 1 aromatic carbocycles. The van der Waals surface area contributed by atoms with Crippen molar-refractivity contribution in [1.29, 1.82) is 0 Å². The van der Waals surface area contributed by atoms with Gasteiger partial charge in [-0.2, -0.15) is 0 Å². The van der Waals surface area contributed by atoms with Crippen LogP contribution in [-0.2, 0) is 9.53 Å². The van der Waals surface area contributed by atoms with Crippen molar-refractivity contribution < 1.29 is 19.1 Å². The van der Waals surface area contributed by atoms with Crippen molar-refractivity contribution in [2.45, 2.75) is 19.8 Å². The summed E-state index contributed by atoms with van der Waals surface area (Å²) < 4.78 is 10.1. The second-order valence-corrected chi connectivity index (χ2v) is 3.69. The number of aldehydes is 1. The van der Waals surface area contributed by atoms with Crippen molar-refractivity contribution in [3.05, 3.63) is 28.7 Å². The normalized spacial score (nSPS) is 9.74. The van der Waals surface area contributed by atoms with Crippen LogP contribution >= 0.6 is 0 Å². The number of carbonyl (C=O) groups is 2. The van der Waals surface area contributed by atoms with E-state index in [0.717, 1.165) is 0 Å². The lowest BCUT2D eigenvalue weighted by Gasteiger charge is -2.06. The summed E-state index contributed by atoms with van der Waals surface area (Å²) in [5.41, 5.74) is 0.256. The highest BCUT2D eigenvalue weighted by Gasteiger charge is 2.05. The molecule has 6 heteroatoms. The number of hydrogen-bond donors (Lipinski definition) is 0. The monoisotopic (exact) mass is 265 g/mol. The highest BCUT2D eigenvalue weighted by molar-refractivity contribution is 5.83. The van der Waals surface area contributed by atoms with Crippen LogP contribution in [0.4, 0.5) is 5.69 Å². The van der Waals surface area contributed by atoms with Gasteiger partial charge in [-0.1, -0.05) is 0 Å². The Morgan fingerprint density at radius 1 is 1.42 bits per heavy atom. The lowest BCUT2D eigenvalue weighted by Crippen LogP contribution is -2.06. The van der Waals surface area contributed by atoms with E-state index >= 15 is 0 Å². The second-order valence-electron chi connectivity index (χ2n) is 3.69. The van der Waals surface area contributed by atoms with Crippen LogP contribution in [0.3, 0.4) is 0 Å². The van der Waals surface area contributed by atoms with Gasteiger partial charge in [-0.3, -0.25) is 9.59 Å². The third-order valence-electron chi connectivity index (χ3n) is 2.33. The maximum absolute atomic E-state index is 11.1. The van der Waals surface area contributed by atoms with Gasteiger partial charge in [0, 0.05) is 18.1 Å². The lowest BCUT2D eigenvalue weighted by molar-refractivity contribution is -0.143. The van der Waals surface area contributed by atoms with Crippen molar-refractivity contribution in [2.24, 2.45) is 5.18 Å². The van der Waals surface area contributed by atoms with Crippen LogP contribution in [-0.4, -0.2) is 25.5 Å². The summed E-state index contributed by atoms with van der Waals surface area (Å²) in [7, 11) is 0. The third kappa shape index (κ3) is 4.87. The number of benzene rings is 1. The number of ether oxygens (including phenoxy) is 2. The molecule has 0 aromatic heterocycles. The van der Waals surface area contributed by atoms with Crippen molar-refractivity contribution in [1.82, 2.24) is 0 Å². The smallest absolute Gasteiger partial charge is 0.305 e. The van der Waals surface area contributed by atoms with Gasteiger partial charge in [0.15, 0.2) is 6.29 Å². The second kappa shape index (κ2) is 7.97. The summed E-state index contributed by atoms with van der Waals surface area (Å²) in [6.07, 6.45) is 1.35. The lowest BCUT2D eigenvalue weighted by atomic mass is 10.2. The van der Waals surface area contributed by atoms with Gasteiger partial charge in [-0.05, 0) is 30.7 Å². The highest BCUT2D eigenvalue weighted by atomic mass is 16.5. The van der Waals surface area contributed by atoms with Gasteiger partial charge < -0.3 is 9.47 Å². The number of esters is 1. The first-order chi connectivity index (χ1) is 9.21. The Labute approximate surface area is 110 Å². The fraction of sp³-hybridized carbons (Fsp3) is 0.385. The Bertz CT molecular complexity index is 458. The molecule has 0 amide bonds. The Balaban J connectivity index is 2.43. The third-order valence-corrected chi connectivity index (χ3v) is 2.33. The summed E-state index contributed by atoms with van der Waals surface area (Å²) in [5, 5.41) is 2.75. The Morgan fingerprint density at radius 3 is 2.84 bits per heavy atom. The maximum atomic E-state index is 11.1. The number of nitrogens with zero attached hydrogens (tertiary/aromatic N) is 1. The molecule has 0 saturated carbocycles. The van der Waals surface area contributed by atoms with Gasteiger partial charge in [0.25, 0.3) is 0 Å². The Kier molecular flexibility index (Phi) is 6.21. The Hall–Kier alpha value is -2.24. The highest BCUT2D eigenvalue weighted by Crippen LogP contribution is 2.23. The van der Waals surface area contributed by atoms with E-state index in [4.69, 9.17) is 9.47 Å². The molecule has 0 heterocycles. The summed E-state index contributed by atoms with van der Waals surface area (Å²) in [4.78, 5) is 32.2. The van der Waals surface area contributed by atoms with E-state index in [1.165, 1.54) is 12.1 Å². The van der Waals surface area contributed by atoms with Gasteiger partial charge >= 0.3 is 5.97 Å². The zero-order valence-corrected chi connectivity index (χ0v) is 10.6. The molecule has 0 bridgehead atoms. The van der Waals surface area contributed by atoms with Crippen LogP contribution < -0.4 is 4.74 Å². The fourth-order valence-corrected chi connectivity index (χ4v) is 1.43. The number of rotatable bonds is 8. The van der Waals surface area contributed by atoms with Crippen LogP contribution in [0.5, 0.6) is 5.75 Å². The molecule has 0 radical (unpaired) electrons. The van der Waals surface area contributed by atoms with Crippen molar-refractivity contribution in [2.75, 3.05) is 13.2 Å². The molecule has 0 aliphatic rings. The minimum absolute atomic E-state index is 0.0397. The average Bonchev–Trinajstić information content (AvgIpc) is 2.43. The fourth-order valence-electron chi connectivity index (χ4n) is 1.43. The standard InChI is InChI=1S/C13H15NO5/c1-2-18-13(16)4-3-7-19-11-6-5-10(9-15)12(8-11)14-17/h5-6,8-9H,2-4,7H2,1H3. The molecule has 1 aromatic rings. The zero-order chi connectivity index (χ0) is 14.1. The molecule has 0 N–H and O–H groups in total. The minimum Gasteiger partial charge on any atom is -0.493 e. The van der Waals surface area contributed by atoms with E-state index in [-0.39, 0.29) is 23.6 Å². The van der Waals surface area contributed by atoms with Crippen molar-refractivity contribution >= 4 is 17.9 Å². The zero-order valence-electron chi connectivity index (χ0n) is 10.6. The van der Waals surface area contributed by atoms with Gasteiger partial charge in [-0.15, -0.1) is 4.91 Å². The molecule has 0 aliphatic carbocycles. The number of nitroso groups, excluding NO2 is 1. The van der Waals surface area contributed by atoms with E-state index < -0.39 is 0 Å². The van der Waals surface area contributed by atoms with Crippen LogP contribution in [0.2, 0.25) is 0 Å². The average molecular weight is 265 g/mol. The quantitative estimate of drug-likeness (QED) is 0.312. The first kappa shape index (κ1) is 14.8. The van der Waals surface area contributed by atoms with Crippen LogP contribution in [0.15, 0.2) is 23.4 Å². The molecule has 0 spiro atoms. The molecular weight excluding hydrogens is 250 g/mol. The van der Waals surface area contributed by atoms with Crippen molar-refractivity contribution in [3.8, 4) is 5.75 Å². The number of carbonyl (C=O) groups excluding carboxylic acids is 2. The van der Waals surface area contributed by atoms with Crippen LogP contribution in [0.25, 0.3) is 0 Å². The Morgan fingerprint density at radius 2 is 2.21 bits per heavy atom. The minimum atomic E-state index is -0.266. The summed E-state index contributed by atoms with van der Waals surface area (Å²) >= 11 is 0. The number of hydrogen-bond acceptors (Lipinski definition) is 6. The molecule has 19 heavy (non-hydrogen) atoms. The van der Waals surface area contributed by atoms with E-state index in [1.54, 1.807) is 13.0 Å². The van der Waals surface area contributed by atoms with Crippen molar-refractivity contribution in [3.63, 3.8) is 0 Å². The van der Waals surface area contributed by atoms with Gasteiger partial charge in [0.05, 0.1) is 13.2 Å². The molecular formula is C13H15NO5. The van der Waals surface area contributed by atoms with Crippen LogP contribution in [0.1, 0.15) is 30.1 Å². The SMILES string of the molecule is CCOC(=O)CCCOc1ccc(C=O)c(N=O)c1. The van der Waals surface area contributed by atoms with E-state index in [9.17, 15) is 14.5 Å². The van der Waals surface area contributed by atoms with Gasteiger partial charge in [0.2, 0.25) is 0 Å². The molecule has 0 fully saturated rings. The van der Waals surface area contributed by atoms with E-state index in [2.05, 4.69) is 5.18 Å². The first-order valence-electron chi connectivity index (χ1n) is 5.92. The summed E-state index contributed by atoms with van der Waals surface area (Å²) in [6.45, 7) is 2.43. The maximum Gasteiger partial charge on any atom is 0.305 e. The molecule has 0 aliphatic heterocycles.